The van der Waals surface area contributed by atoms with E-state index in [9.17, 15) is 9.90 Å². The Balaban J connectivity index is 2.43. The van der Waals surface area contributed by atoms with Crippen molar-refractivity contribution < 1.29 is 9.90 Å². The molecule has 3 unspecified atom stereocenters. The molecule has 118 valence electrons. The molecule has 0 aromatic rings. The molecule has 20 heavy (non-hydrogen) atoms. The molecule has 0 bridgehead atoms. The van der Waals surface area contributed by atoms with Gasteiger partial charge in [-0.15, -0.1) is 0 Å². The van der Waals surface area contributed by atoms with Crippen LogP contribution in [0.15, 0.2) is 0 Å². The van der Waals surface area contributed by atoms with Crippen molar-refractivity contribution >= 4 is 6.03 Å². The Hall–Kier alpha value is -0.810. The van der Waals surface area contributed by atoms with Crippen molar-refractivity contribution in [3.63, 3.8) is 0 Å². The molecular weight excluding hydrogens is 254 g/mol. The van der Waals surface area contributed by atoms with Gasteiger partial charge in [-0.2, -0.15) is 0 Å². The van der Waals surface area contributed by atoms with Crippen molar-refractivity contribution in [3.05, 3.63) is 0 Å². The lowest BCUT2D eigenvalue weighted by molar-refractivity contribution is 0.0937. The Labute approximate surface area is 123 Å². The number of carbonyl (C=O) groups is 1. The third-order valence-corrected chi connectivity index (χ3v) is 3.72. The van der Waals surface area contributed by atoms with Crippen molar-refractivity contribution in [1.29, 1.82) is 0 Å². The summed E-state index contributed by atoms with van der Waals surface area (Å²) in [5.74, 6) is 0.542. The van der Waals surface area contributed by atoms with Gasteiger partial charge in [-0.05, 0) is 39.3 Å². The Morgan fingerprint density at radius 2 is 1.95 bits per heavy atom. The summed E-state index contributed by atoms with van der Waals surface area (Å²) in [6.45, 7) is 5.15. The molecule has 0 heterocycles. The summed E-state index contributed by atoms with van der Waals surface area (Å²) < 4.78 is 0. The van der Waals surface area contributed by atoms with Crippen LogP contribution in [0.3, 0.4) is 0 Å². The van der Waals surface area contributed by atoms with Crippen molar-refractivity contribution in [2.45, 2.75) is 64.1 Å². The summed E-state index contributed by atoms with van der Waals surface area (Å²) in [5.41, 5.74) is 0. The van der Waals surface area contributed by atoms with Gasteiger partial charge in [0, 0.05) is 12.6 Å². The van der Waals surface area contributed by atoms with E-state index in [0.29, 0.717) is 5.92 Å². The first-order valence-electron chi connectivity index (χ1n) is 7.78. The summed E-state index contributed by atoms with van der Waals surface area (Å²) in [5, 5.41) is 15.9. The van der Waals surface area contributed by atoms with Crippen LogP contribution in [-0.2, 0) is 0 Å². The van der Waals surface area contributed by atoms with Gasteiger partial charge in [0.1, 0.15) is 0 Å². The van der Waals surface area contributed by atoms with E-state index < -0.39 is 6.10 Å². The standard InChI is InChI=1S/C15H31N3O2/c1-11(2)9-12(10-18(3)4)16-15(20)17-13-7-5-6-8-14(13)19/h11-14,19H,5-10H2,1-4H3,(H2,16,17,20). The van der Waals surface area contributed by atoms with Gasteiger partial charge in [-0.25, -0.2) is 4.79 Å². The molecule has 0 aliphatic heterocycles. The van der Waals surface area contributed by atoms with Crippen LogP contribution in [0.5, 0.6) is 0 Å². The fraction of sp³-hybridized carbons (Fsp3) is 0.933. The van der Waals surface area contributed by atoms with Crippen molar-refractivity contribution in [1.82, 2.24) is 15.5 Å². The summed E-state index contributed by atoms with van der Waals surface area (Å²) in [7, 11) is 4.02. The van der Waals surface area contributed by atoms with Crippen molar-refractivity contribution in [2.24, 2.45) is 5.92 Å². The van der Waals surface area contributed by atoms with Crippen LogP contribution >= 0.6 is 0 Å². The van der Waals surface area contributed by atoms with Gasteiger partial charge in [0.25, 0.3) is 0 Å². The van der Waals surface area contributed by atoms with Crippen LogP contribution in [0.1, 0.15) is 46.0 Å². The van der Waals surface area contributed by atoms with E-state index in [1.54, 1.807) is 0 Å². The molecule has 0 aromatic carbocycles. The maximum Gasteiger partial charge on any atom is 0.315 e. The molecule has 5 nitrogen and oxygen atoms in total. The zero-order chi connectivity index (χ0) is 15.1. The number of urea groups is 1. The van der Waals surface area contributed by atoms with Crippen molar-refractivity contribution in [2.75, 3.05) is 20.6 Å². The highest BCUT2D eigenvalue weighted by Crippen LogP contribution is 2.18. The van der Waals surface area contributed by atoms with Crippen molar-refractivity contribution in [3.8, 4) is 0 Å². The monoisotopic (exact) mass is 285 g/mol. The molecule has 0 aromatic heterocycles. The fourth-order valence-corrected chi connectivity index (χ4v) is 2.86. The van der Waals surface area contributed by atoms with E-state index in [4.69, 9.17) is 0 Å². The van der Waals surface area contributed by atoms with Gasteiger partial charge in [0.05, 0.1) is 12.1 Å². The zero-order valence-corrected chi connectivity index (χ0v) is 13.4. The number of aliphatic hydroxyl groups excluding tert-OH is 1. The van der Waals surface area contributed by atoms with Crippen LogP contribution in [0, 0.1) is 5.92 Å². The lowest BCUT2D eigenvalue weighted by Crippen LogP contribution is -2.53. The highest BCUT2D eigenvalue weighted by atomic mass is 16.3. The second-order valence-corrected chi connectivity index (χ2v) is 6.66. The molecule has 0 spiro atoms. The average molecular weight is 285 g/mol. The van der Waals surface area contributed by atoms with Gasteiger partial charge in [0.15, 0.2) is 0 Å². The fourth-order valence-electron chi connectivity index (χ4n) is 2.86. The van der Waals surface area contributed by atoms with Gasteiger partial charge >= 0.3 is 6.03 Å². The number of hydrogen-bond acceptors (Lipinski definition) is 3. The van der Waals surface area contributed by atoms with Gasteiger partial charge in [-0.3, -0.25) is 0 Å². The number of rotatable bonds is 6. The maximum absolute atomic E-state index is 12.1. The van der Waals surface area contributed by atoms with E-state index >= 15 is 0 Å². The predicted octanol–water partition coefficient (Wildman–Crippen LogP) is 1.57. The molecule has 1 saturated carbocycles. The SMILES string of the molecule is CC(C)CC(CN(C)C)NC(=O)NC1CCCCC1O. The molecule has 2 amide bonds. The topological polar surface area (TPSA) is 64.6 Å². The Morgan fingerprint density at radius 3 is 2.50 bits per heavy atom. The summed E-state index contributed by atoms with van der Waals surface area (Å²) in [6.07, 6.45) is 4.35. The molecule has 1 fully saturated rings. The van der Waals surface area contributed by atoms with E-state index in [1.165, 1.54) is 0 Å². The van der Waals surface area contributed by atoms with E-state index in [2.05, 4.69) is 29.4 Å². The highest BCUT2D eigenvalue weighted by Gasteiger charge is 2.25. The zero-order valence-electron chi connectivity index (χ0n) is 13.4. The molecular formula is C15H31N3O2. The quantitative estimate of drug-likeness (QED) is 0.694. The van der Waals surface area contributed by atoms with Gasteiger partial charge < -0.3 is 20.6 Å². The highest BCUT2D eigenvalue weighted by molar-refractivity contribution is 5.74. The molecule has 5 heteroatoms. The summed E-state index contributed by atoms with van der Waals surface area (Å²) in [4.78, 5) is 14.2. The molecule has 1 aliphatic rings. The lowest BCUT2D eigenvalue weighted by atomic mass is 9.93. The van der Waals surface area contributed by atoms with E-state index in [0.717, 1.165) is 38.6 Å². The van der Waals surface area contributed by atoms with Gasteiger partial charge in [0.2, 0.25) is 0 Å². The molecule has 3 N–H and O–H groups in total. The lowest BCUT2D eigenvalue weighted by Gasteiger charge is -2.30. The number of amides is 2. The van der Waals surface area contributed by atoms with E-state index in [-0.39, 0.29) is 18.1 Å². The van der Waals surface area contributed by atoms with Crippen LogP contribution in [0.4, 0.5) is 4.79 Å². The number of nitrogens with zero attached hydrogens (tertiary/aromatic N) is 1. The Morgan fingerprint density at radius 1 is 1.30 bits per heavy atom. The minimum Gasteiger partial charge on any atom is -0.391 e. The molecule has 0 radical (unpaired) electrons. The minimum absolute atomic E-state index is 0.0946. The largest absolute Gasteiger partial charge is 0.391 e. The first kappa shape index (κ1) is 17.2. The molecule has 3 atom stereocenters. The Kier molecular flexibility index (Phi) is 7.30. The number of aliphatic hydroxyl groups is 1. The number of hydrogen-bond donors (Lipinski definition) is 3. The summed E-state index contributed by atoms with van der Waals surface area (Å²) >= 11 is 0. The number of carbonyl (C=O) groups excluding carboxylic acids is 1. The second kappa shape index (κ2) is 8.47. The van der Waals surface area contributed by atoms with Crippen LogP contribution < -0.4 is 10.6 Å². The minimum atomic E-state index is -0.396. The first-order valence-corrected chi connectivity index (χ1v) is 7.78. The third-order valence-electron chi connectivity index (χ3n) is 3.72. The average Bonchev–Trinajstić information content (AvgIpc) is 2.30. The summed E-state index contributed by atoms with van der Waals surface area (Å²) in [6, 6.07) is -0.100. The van der Waals surface area contributed by atoms with Crippen LogP contribution in [-0.4, -0.2) is 54.9 Å². The smallest absolute Gasteiger partial charge is 0.315 e. The number of likely N-dealkylation sites (N-methyl/N-ethyl adjacent to an activating group) is 1. The van der Waals surface area contributed by atoms with E-state index in [1.807, 2.05) is 14.1 Å². The second-order valence-electron chi connectivity index (χ2n) is 6.66. The maximum atomic E-state index is 12.1. The van der Waals surface area contributed by atoms with Gasteiger partial charge in [-0.1, -0.05) is 26.7 Å². The molecule has 1 aliphatic carbocycles. The molecule has 1 rings (SSSR count). The normalized spacial score (nSPS) is 24.8. The first-order chi connectivity index (χ1) is 9.38. The third kappa shape index (κ3) is 6.57. The number of nitrogens with one attached hydrogen (secondary N) is 2. The predicted molar refractivity (Wildman–Crippen MR) is 81.7 cm³/mol. The Bertz CT molecular complexity index is 285. The van der Waals surface area contributed by atoms with Crippen LogP contribution in [0.2, 0.25) is 0 Å². The molecule has 0 saturated heterocycles. The van der Waals surface area contributed by atoms with Crippen LogP contribution in [0.25, 0.3) is 0 Å².